The Morgan fingerprint density at radius 1 is 1.20 bits per heavy atom. The maximum Gasteiger partial charge on any atom is 0.193 e. The van der Waals surface area contributed by atoms with E-state index in [4.69, 9.17) is 0 Å². The van der Waals surface area contributed by atoms with E-state index in [-0.39, 0.29) is 5.78 Å². The van der Waals surface area contributed by atoms with Crippen LogP contribution in [0.3, 0.4) is 0 Å². The zero-order valence-corrected chi connectivity index (χ0v) is 16.0. The van der Waals surface area contributed by atoms with Crippen molar-refractivity contribution in [3.05, 3.63) is 52.4 Å². The number of Topliss-reactive ketones (excluding diaryl/α,β-unsaturated/α-hetero) is 1. The maximum absolute atomic E-state index is 12.8. The summed E-state index contributed by atoms with van der Waals surface area (Å²) in [5, 5.41) is 5.68. The first-order valence-electron chi connectivity index (χ1n) is 7.58. The Bertz CT molecular complexity index is 1050. The molecule has 0 amide bonds. The number of thioether (sulfide) groups is 1. The largest absolute Gasteiger partial charge is 0.294 e. The molecule has 0 atom stereocenters. The molecular formula is C17H14N4OS3. The second kappa shape index (κ2) is 6.70. The van der Waals surface area contributed by atoms with Crippen molar-refractivity contribution in [1.82, 2.24) is 19.5 Å². The molecule has 0 saturated heterocycles. The van der Waals surface area contributed by atoms with E-state index >= 15 is 0 Å². The molecule has 0 aliphatic rings. The van der Waals surface area contributed by atoms with Crippen molar-refractivity contribution >= 4 is 50.4 Å². The fraction of sp³-hybridized carbons (Fsp3) is 0.176. The first-order valence-corrected chi connectivity index (χ1v) is 10.3. The van der Waals surface area contributed by atoms with Gasteiger partial charge in [-0.3, -0.25) is 9.36 Å². The van der Waals surface area contributed by atoms with Gasteiger partial charge < -0.3 is 0 Å². The lowest BCUT2D eigenvalue weighted by Gasteiger charge is -2.05. The summed E-state index contributed by atoms with van der Waals surface area (Å²) in [4.78, 5) is 25.7. The van der Waals surface area contributed by atoms with E-state index < -0.39 is 0 Å². The number of rotatable bonds is 5. The van der Waals surface area contributed by atoms with Gasteiger partial charge in [-0.2, -0.15) is 0 Å². The number of aromatic nitrogens is 4. The second-order valence-electron chi connectivity index (χ2n) is 5.46. The van der Waals surface area contributed by atoms with Gasteiger partial charge in [0.1, 0.15) is 11.4 Å². The quantitative estimate of drug-likeness (QED) is 0.286. The van der Waals surface area contributed by atoms with E-state index in [1.54, 1.807) is 35.2 Å². The third kappa shape index (κ3) is 3.01. The molecule has 0 bridgehead atoms. The highest BCUT2D eigenvalue weighted by Crippen LogP contribution is 2.30. The van der Waals surface area contributed by atoms with E-state index in [1.165, 1.54) is 11.8 Å². The molecular weight excluding hydrogens is 372 g/mol. The van der Waals surface area contributed by atoms with Crippen LogP contribution in [0.1, 0.15) is 21.7 Å². The van der Waals surface area contributed by atoms with Crippen LogP contribution in [0.25, 0.3) is 15.3 Å². The van der Waals surface area contributed by atoms with Gasteiger partial charge in [0.2, 0.25) is 0 Å². The zero-order valence-electron chi connectivity index (χ0n) is 13.6. The fourth-order valence-electron chi connectivity index (χ4n) is 2.75. The van der Waals surface area contributed by atoms with Gasteiger partial charge in [-0.1, -0.05) is 11.8 Å². The van der Waals surface area contributed by atoms with Crippen molar-refractivity contribution in [3.63, 3.8) is 0 Å². The highest BCUT2D eigenvalue weighted by Gasteiger charge is 2.18. The van der Waals surface area contributed by atoms with Crippen LogP contribution >= 0.6 is 34.4 Å². The van der Waals surface area contributed by atoms with Gasteiger partial charge in [0.25, 0.3) is 0 Å². The van der Waals surface area contributed by atoms with E-state index in [2.05, 4.69) is 15.0 Å². The summed E-state index contributed by atoms with van der Waals surface area (Å²) in [6, 6.07) is 3.91. The van der Waals surface area contributed by atoms with Crippen molar-refractivity contribution in [2.45, 2.75) is 18.9 Å². The molecule has 0 fully saturated rings. The third-order valence-electron chi connectivity index (χ3n) is 3.89. The Morgan fingerprint density at radius 2 is 2.08 bits per heavy atom. The number of aryl methyl sites for hydroxylation is 1. The van der Waals surface area contributed by atoms with Gasteiger partial charge in [0, 0.05) is 28.5 Å². The Morgan fingerprint density at radius 3 is 2.88 bits per heavy atom. The fourth-order valence-corrected chi connectivity index (χ4v) is 5.33. The Labute approximate surface area is 156 Å². The van der Waals surface area contributed by atoms with Crippen LogP contribution in [0.4, 0.5) is 0 Å². The molecule has 0 saturated carbocycles. The van der Waals surface area contributed by atoms with Gasteiger partial charge in [0.05, 0.1) is 16.0 Å². The van der Waals surface area contributed by atoms with Gasteiger partial charge in [-0.25, -0.2) is 15.0 Å². The number of carbonyl (C=O) groups excluding carboxylic acids is 1. The van der Waals surface area contributed by atoms with Crippen LogP contribution in [0.5, 0.6) is 0 Å². The van der Waals surface area contributed by atoms with Crippen LogP contribution in [0, 0.1) is 13.8 Å². The van der Waals surface area contributed by atoms with Gasteiger partial charge in [0.15, 0.2) is 10.9 Å². The number of thiazole rings is 1. The molecule has 5 nitrogen and oxygen atoms in total. The predicted molar refractivity (Wildman–Crippen MR) is 103 cm³/mol. The van der Waals surface area contributed by atoms with Crippen LogP contribution < -0.4 is 0 Å². The van der Waals surface area contributed by atoms with Crippen molar-refractivity contribution in [3.8, 4) is 5.13 Å². The summed E-state index contributed by atoms with van der Waals surface area (Å²) in [5.41, 5.74) is 3.62. The molecule has 0 spiro atoms. The molecule has 4 aromatic rings. The molecule has 0 aliphatic carbocycles. The van der Waals surface area contributed by atoms with E-state index in [0.717, 1.165) is 37.3 Å². The minimum atomic E-state index is 0.101. The second-order valence-corrected chi connectivity index (χ2v) is 8.21. The monoisotopic (exact) mass is 386 g/mol. The number of hydrogen-bond donors (Lipinski definition) is 0. The third-order valence-corrected chi connectivity index (χ3v) is 6.68. The number of thiophene rings is 1. The summed E-state index contributed by atoms with van der Waals surface area (Å²) in [7, 11) is 0. The molecule has 8 heteroatoms. The molecule has 0 aliphatic heterocycles. The SMILES string of the molecule is Cc1cc(C(=O)CSc2ncnc3ccsc23)c(C)n1-c1nccs1. The van der Waals surface area contributed by atoms with Crippen molar-refractivity contribution in [2.75, 3.05) is 5.75 Å². The van der Waals surface area contributed by atoms with Gasteiger partial charge >= 0.3 is 0 Å². The summed E-state index contributed by atoms with van der Waals surface area (Å²) in [5.74, 6) is 0.454. The summed E-state index contributed by atoms with van der Waals surface area (Å²) < 4.78 is 3.07. The number of fused-ring (bicyclic) bond motifs is 1. The maximum atomic E-state index is 12.8. The normalized spacial score (nSPS) is 11.3. The molecule has 0 N–H and O–H groups in total. The van der Waals surface area contributed by atoms with Crippen molar-refractivity contribution in [1.29, 1.82) is 0 Å². The van der Waals surface area contributed by atoms with Crippen LogP contribution in [0.2, 0.25) is 0 Å². The minimum absolute atomic E-state index is 0.101. The lowest BCUT2D eigenvalue weighted by molar-refractivity contribution is 0.102. The highest BCUT2D eigenvalue weighted by atomic mass is 32.2. The van der Waals surface area contributed by atoms with Crippen LogP contribution in [-0.4, -0.2) is 31.1 Å². The minimum Gasteiger partial charge on any atom is -0.294 e. The van der Waals surface area contributed by atoms with Gasteiger partial charge in [-0.15, -0.1) is 22.7 Å². The number of ketones is 1. The Kier molecular flexibility index (Phi) is 4.41. The lowest BCUT2D eigenvalue weighted by atomic mass is 10.2. The number of nitrogens with zero attached hydrogens (tertiary/aromatic N) is 4. The van der Waals surface area contributed by atoms with E-state index in [0.29, 0.717) is 5.75 Å². The number of hydrogen-bond acceptors (Lipinski definition) is 7. The van der Waals surface area contributed by atoms with Crippen molar-refractivity contribution < 1.29 is 4.79 Å². The molecule has 0 radical (unpaired) electrons. The average molecular weight is 387 g/mol. The average Bonchev–Trinajstić information content (AvgIpc) is 3.33. The Hall–Kier alpha value is -2.03. The van der Waals surface area contributed by atoms with Crippen molar-refractivity contribution in [2.24, 2.45) is 0 Å². The van der Waals surface area contributed by atoms with Crippen LogP contribution in [0.15, 0.2) is 40.4 Å². The molecule has 0 unspecified atom stereocenters. The molecule has 25 heavy (non-hydrogen) atoms. The summed E-state index contributed by atoms with van der Waals surface area (Å²) in [6.07, 6.45) is 3.33. The highest BCUT2D eigenvalue weighted by molar-refractivity contribution is 8.00. The topological polar surface area (TPSA) is 60.7 Å². The summed E-state index contributed by atoms with van der Waals surface area (Å²) in [6.45, 7) is 3.96. The summed E-state index contributed by atoms with van der Waals surface area (Å²) >= 11 is 4.63. The zero-order chi connectivity index (χ0) is 17.4. The predicted octanol–water partition coefficient (Wildman–Crippen LogP) is 4.53. The number of carbonyl (C=O) groups is 1. The molecule has 126 valence electrons. The van der Waals surface area contributed by atoms with Crippen LogP contribution in [-0.2, 0) is 0 Å². The van der Waals surface area contributed by atoms with E-state index in [9.17, 15) is 4.79 Å². The molecule has 4 rings (SSSR count). The Balaban J connectivity index is 1.58. The van der Waals surface area contributed by atoms with E-state index in [1.807, 2.05) is 41.3 Å². The standard InChI is InChI=1S/C17H14N4OS3/c1-10-7-12(11(2)21(10)17-18-4-6-24-17)14(22)8-25-16-15-13(3-5-23-15)19-9-20-16/h3-7,9H,8H2,1-2H3. The smallest absolute Gasteiger partial charge is 0.193 e. The molecule has 0 aromatic carbocycles. The lowest BCUT2D eigenvalue weighted by Crippen LogP contribution is -2.05. The van der Waals surface area contributed by atoms with Gasteiger partial charge in [-0.05, 0) is 31.4 Å². The first kappa shape index (κ1) is 16.4. The first-order chi connectivity index (χ1) is 12.1. The molecule has 4 heterocycles. The molecule has 4 aromatic heterocycles.